The Hall–Kier alpha value is -3.19. The van der Waals surface area contributed by atoms with Gasteiger partial charge in [-0.3, -0.25) is 14.2 Å². The molecule has 13 heteroatoms. The summed E-state index contributed by atoms with van der Waals surface area (Å²) in [6, 6.07) is 13.0. The van der Waals surface area contributed by atoms with Crippen LogP contribution in [0.25, 0.3) is 0 Å². The molecule has 0 fully saturated rings. The quantitative estimate of drug-likeness (QED) is 0.386. The van der Waals surface area contributed by atoms with E-state index in [1.165, 1.54) is 7.11 Å². The van der Waals surface area contributed by atoms with Gasteiger partial charge in [-0.15, -0.1) is 12.4 Å². The molecule has 0 spiro atoms. The topological polar surface area (TPSA) is 158 Å². The summed E-state index contributed by atoms with van der Waals surface area (Å²) in [5.74, 6) is 0.462. The van der Waals surface area contributed by atoms with Gasteiger partial charge in [-0.25, -0.2) is 4.63 Å². The summed E-state index contributed by atoms with van der Waals surface area (Å²) in [5.41, 5.74) is 6.88. The lowest BCUT2D eigenvalue weighted by Crippen LogP contribution is -2.52. The van der Waals surface area contributed by atoms with Crippen LogP contribution in [0, 0.1) is 0 Å². The van der Waals surface area contributed by atoms with Crippen molar-refractivity contribution >= 4 is 28.4 Å². The van der Waals surface area contributed by atoms with Crippen LogP contribution in [-0.2, 0) is 39.8 Å². The van der Waals surface area contributed by atoms with Crippen molar-refractivity contribution in [3.05, 3.63) is 64.8 Å². The van der Waals surface area contributed by atoms with E-state index in [1.807, 2.05) is 47.4 Å². The fourth-order valence-electron chi connectivity index (χ4n) is 4.71. The average molecular weight is 539 g/mol. The molecule has 0 radical (unpaired) electrons. The van der Waals surface area contributed by atoms with Gasteiger partial charge in [0.05, 0.1) is 26.2 Å². The van der Waals surface area contributed by atoms with E-state index in [9.17, 15) is 17.8 Å². The fourth-order valence-corrected chi connectivity index (χ4v) is 5.31. The molecule has 1 unspecified atom stereocenters. The summed E-state index contributed by atoms with van der Waals surface area (Å²) in [7, 11) is -1.70. The van der Waals surface area contributed by atoms with Crippen molar-refractivity contribution in [1.82, 2.24) is 15.2 Å². The Morgan fingerprint density at radius 2 is 1.78 bits per heavy atom. The van der Waals surface area contributed by atoms with Gasteiger partial charge in [0, 0.05) is 13.1 Å². The van der Waals surface area contributed by atoms with Gasteiger partial charge in [0.2, 0.25) is 5.91 Å². The monoisotopic (exact) mass is 538 g/mol. The van der Waals surface area contributed by atoms with Gasteiger partial charge in [0.15, 0.2) is 11.5 Å². The van der Waals surface area contributed by atoms with Crippen LogP contribution < -0.4 is 15.2 Å². The summed E-state index contributed by atoms with van der Waals surface area (Å²) in [6.45, 7) is 0.744. The minimum absolute atomic E-state index is 0. The largest absolute Gasteiger partial charge is 0.493 e. The summed E-state index contributed by atoms with van der Waals surface area (Å²) < 4.78 is 49.8. The number of rotatable bonds is 9. The Bertz CT molecular complexity index is 1330. The molecule has 2 heterocycles. The number of fused-ring (bicyclic) bond motifs is 1. The molecule has 1 atom stereocenters. The van der Waals surface area contributed by atoms with E-state index in [1.54, 1.807) is 7.11 Å². The molecule has 194 valence electrons. The van der Waals surface area contributed by atoms with Crippen molar-refractivity contribution < 1.29 is 31.9 Å². The second-order valence-corrected chi connectivity index (χ2v) is 9.71. The van der Waals surface area contributed by atoms with Crippen LogP contribution in [0.4, 0.5) is 0 Å². The summed E-state index contributed by atoms with van der Waals surface area (Å²) in [6.07, 6.45) is 0.439. The Balaban J connectivity index is 0.00000361. The smallest absolute Gasteiger partial charge is 0.317 e. The van der Waals surface area contributed by atoms with E-state index < -0.39 is 26.6 Å². The molecule has 11 nitrogen and oxygen atoms in total. The zero-order valence-corrected chi connectivity index (χ0v) is 21.3. The predicted octanol–water partition coefficient (Wildman–Crippen LogP) is 2.13. The zero-order valence-electron chi connectivity index (χ0n) is 19.7. The number of aromatic nitrogens is 2. The Morgan fingerprint density at radius 3 is 2.36 bits per heavy atom. The first-order valence-corrected chi connectivity index (χ1v) is 12.2. The van der Waals surface area contributed by atoms with Crippen molar-refractivity contribution in [2.45, 2.75) is 36.4 Å². The van der Waals surface area contributed by atoms with Crippen molar-refractivity contribution in [3.63, 3.8) is 0 Å². The van der Waals surface area contributed by atoms with E-state index in [2.05, 4.69) is 10.3 Å². The number of carbonyl (C=O) groups excluding carboxylic acids is 1. The highest BCUT2D eigenvalue weighted by atomic mass is 35.5. The SMILES string of the molecule is COc1cc2c(cc1OC)CN(C(CC(N)=O)(Cc1ccccc1)c1nonc1S(=O)(=O)O)CC2.Cl. The molecular formula is C23H27ClN4O7S. The van der Waals surface area contributed by atoms with Gasteiger partial charge in [0.25, 0.3) is 5.03 Å². The lowest BCUT2D eigenvalue weighted by molar-refractivity contribution is -0.122. The molecule has 0 saturated heterocycles. The van der Waals surface area contributed by atoms with E-state index in [0.29, 0.717) is 31.0 Å². The first-order chi connectivity index (χ1) is 16.7. The molecule has 0 saturated carbocycles. The first-order valence-electron chi connectivity index (χ1n) is 10.8. The number of methoxy groups -OCH3 is 2. The number of halogens is 1. The van der Waals surface area contributed by atoms with Crippen molar-refractivity contribution in [1.29, 1.82) is 0 Å². The third-order valence-corrected chi connectivity index (χ3v) is 7.03. The van der Waals surface area contributed by atoms with Crippen molar-refractivity contribution in [2.24, 2.45) is 5.73 Å². The van der Waals surface area contributed by atoms with Crippen LogP contribution in [0.2, 0.25) is 0 Å². The summed E-state index contributed by atoms with van der Waals surface area (Å²) in [4.78, 5) is 14.3. The van der Waals surface area contributed by atoms with Gasteiger partial charge in [-0.2, -0.15) is 8.42 Å². The van der Waals surface area contributed by atoms with E-state index in [4.69, 9.17) is 19.8 Å². The van der Waals surface area contributed by atoms with Crippen LogP contribution in [-0.4, -0.2) is 54.9 Å². The lowest BCUT2D eigenvalue weighted by atomic mass is 9.80. The molecule has 1 aliphatic heterocycles. The minimum Gasteiger partial charge on any atom is -0.493 e. The number of carbonyl (C=O) groups is 1. The highest BCUT2D eigenvalue weighted by Crippen LogP contribution is 2.42. The third kappa shape index (κ3) is 5.31. The van der Waals surface area contributed by atoms with E-state index in [-0.39, 0.29) is 30.9 Å². The maximum atomic E-state index is 12.4. The normalized spacial score (nSPS) is 15.3. The van der Waals surface area contributed by atoms with E-state index in [0.717, 1.165) is 16.7 Å². The standard InChI is InChI=1S/C23H26N4O7S.ClH/c1-32-18-10-16-8-9-27(14-17(16)11-19(18)33-2)23(13-20(24)28,12-15-6-4-3-5-7-15)21-22(26-34-25-21)35(29,30)31;/h3-7,10-11H,8-9,12-14H2,1-2H3,(H2,24,28)(H,29,30,31);1H. The molecule has 4 rings (SSSR count). The molecule has 3 N–H and O–H groups in total. The Morgan fingerprint density at radius 1 is 1.14 bits per heavy atom. The first kappa shape index (κ1) is 27.4. The molecular weight excluding hydrogens is 512 g/mol. The zero-order chi connectivity index (χ0) is 25.2. The second-order valence-electron chi connectivity index (χ2n) is 8.38. The van der Waals surface area contributed by atoms with E-state index >= 15 is 0 Å². The summed E-state index contributed by atoms with van der Waals surface area (Å²) in [5, 5.41) is 6.59. The molecule has 0 aliphatic carbocycles. The van der Waals surface area contributed by atoms with Crippen LogP contribution >= 0.6 is 12.4 Å². The third-order valence-electron chi connectivity index (χ3n) is 6.27. The number of nitrogens with two attached hydrogens (primary N) is 1. The number of primary amides is 1. The van der Waals surface area contributed by atoms with Crippen LogP contribution in [0.1, 0.15) is 28.8 Å². The molecule has 1 aromatic heterocycles. The number of nitrogens with zero attached hydrogens (tertiary/aromatic N) is 3. The van der Waals surface area contributed by atoms with Crippen LogP contribution in [0.5, 0.6) is 11.5 Å². The highest BCUT2D eigenvalue weighted by molar-refractivity contribution is 7.85. The van der Waals surface area contributed by atoms with Crippen molar-refractivity contribution in [2.75, 3.05) is 20.8 Å². The molecule has 2 aromatic carbocycles. The van der Waals surface area contributed by atoms with Crippen molar-refractivity contribution in [3.8, 4) is 11.5 Å². The summed E-state index contributed by atoms with van der Waals surface area (Å²) >= 11 is 0. The Kier molecular flexibility index (Phi) is 8.24. The fraction of sp³-hybridized carbons (Fsp3) is 0.348. The maximum Gasteiger partial charge on any atom is 0.317 e. The number of hydrogen-bond acceptors (Lipinski definition) is 9. The highest BCUT2D eigenvalue weighted by Gasteiger charge is 2.48. The second kappa shape index (κ2) is 10.8. The lowest BCUT2D eigenvalue weighted by Gasteiger charge is -2.44. The number of hydrogen-bond donors (Lipinski definition) is 2. The Labute approximate surface area is 214 Å². The molecule has 1 aliphatic rings. The molecule has 0 bridgehead atoms. The molecule has 1 amide bonds. The maximum absolute atomic E-state index is 12.4. The number of amides is 1. The van der Waals surface area contributed by atoms with Gasteiger partial charge in [-0.05, 0) is 46.8 Å². The number of benzene rings is 2. The van der Waals surface area contributed by atoms with Crippen LogP contribution in [0.3, 0.4) is 0 Å². The van der Waals surface area contributed by atoms with Gasteiger partial charge in [-0.1, -0.05) is 35.5 Å². The minimum atomic E-state index is -4.80. The van der Waals surface area contributed by atoms with Crippen LogP contribution in [0.15, 0.2) is 52.1 Å². The van der Waals surface area contributed by atoms with Gasteiger partial charge in [0.1, 0.15) is 5.69 Å². The molecule has 36 heavy (non-hydrogen) atoms. The van der Waals surface area contributed by atoms with Gasteiger partial charge < -0.3 is 15.2 Å². The number of ether oxygens (including phenoxy) is 2. The molecule has 3 aromatic rings. The van der Waals surface area contributed by atoms with Gasteiger partial charge >= 0.3 is 10.1 Å². The average Bonchev–Trinajstić information content (AvgIpc) is 3.34. The predicted molar refractivity (Wildman–Crippen MR) is 131 cm³/mol.